The van der Waals surface area contributed by atoms with Crippen molar-refractivity contribution in [2.24, 2.45) is 11.3 Å². The van der Waals surface area contributed by atoms with Gasteiger partial charge in [0.05, 0.1) is 12.5 Å². The molecule has 0 aliphatic carbocycles. The number of urea groups is 1. The van der Waals surface area contributed by atoms with Gasteiger partial charge in [-0.15, -0.1) is 11.3 Å². The van der Waals surface area contributed by atoms with Gasteiger partial charge in [0.1, 0.15) is 5.01 Å². The van der Waals surface area contributed by atoms with Gasteiger partial charge in [-0.25, -0.2) is 9.78 Å². The Morgan fingerprint density at radius 3 is 2.81 bits per heavy atom. The van der Waals surface area contributed by atoms with Crippen molar-refractivity contribution in [1.82, 2.24) is 15.2 Å². The Bertz CT molecular complexity index is 629. The lowest BCUT2D eigenvalue weighted by Gasteiger charge is -2.50. The van der Waals surface area contributed by atoms with Crippen molar-refractivity contribution in [3.63, 3.8) is 0 Å². The molecular formula is C17H24F3N3O2S. The minimum Gasteiger partial charge on any atom is -0.381 e. The summed E-state index contributed by atoms with van der Waals surface area (Å²) < 4.78 is 45.9. The van der Waals surface area contributed by atoms with Crippen molar-refractivity contribution in [1.29, 1.82) is 0 Å². The van der Waals surface area contributed by atoms with Crippen molar-refractivity contribution in [2.75, 3.05) is 26.3 Å². The number of nitrogens with one attached hydrogen (secondary N) is 1. The lowest BCUT2D eigenvalue weighted by atomic mass is 9.66. The van der Waals surface area contributed by atoms with Crippen molar-refractivity contribution in [2.45, 2.75) is 45.3 Å². The molecule has 1 aromatic rings. The quantitative estimate of drug-likeness (QED) is 0.857. The van der Waals surface area contributed by atoms with Crippen LogP contribution in [-0.2, 0) is 17.7 Å². The minimum atomic E-state index is -4.24. The van der Waals surface area contributed by atoms with Crippen molar-refractivity contribution in [3.05, 3.63) is 16.1 Å². The number of aryl methyl sites for hydroxylation is 1. The van der Waals surface area contributed by atoms with Gasteiger partial charge in [0, 0.05) is 42.8 Å². The molecule has 3 rings (SSSR count). The second kappa shape index (κ2) is 7.72. The highest BCUT2D eigenvalue weighted by Crippen LogP contribution is 2.50. The summed E-state index contributed by atoms with van der Waals surface area (Å²) in [6.07, 6.45) is -0.925. The van der Waals surface area contributed by atoms with Gasteiger partial charge in [-0.05, 0) is 25.7 Å². The van der Waals surface area contributed by atoms with Gasteiger partial charge >= 0.3 is 12.2 Å². The highest BCUT2D eigenvalue weighted by Gasteiger charge is 2.56. The number of carbonyl (C=O) groups is 1. The standard InChI is InChI=1S/C17H24F3N3O2S/c1-2-12-9-21-14(26-12)10-22-15(24)23-6-3-13(17(18,19)20)16(11-23)4-7-25-8-5-16/h9,13H,2-8,10-11H2,1H3,(H,22,24). The molecule has 2 aliphatic heterocycles. The average Bonchev–Trinajstić information content (AvgIpc) is 3.07. The smallest absolute Gasteiger partial charge is 0.381 e. The molecule has 2 amide bonds. The second-order valence-corrected chi connectivity index (χ2v) is 8.21. The average molecular weight is 391 g/mol. The molecule has 1 atom stereocenters. The predicted octanol–water partition coefficient (Wildman–Crippen LogP) is 3.60. The van der Waals surface area contributed by atoms with Gasteiger partial charge in [0.15, 0.2) is 0 Å². The molecular weight excluding hydrogens is 367 g/mol. The zero-order valence-electron chi connectivity index (χ0n) is 14.8. The number of ether oxygens (including phenoxy) is 1. The molecule has 1 aromatic heterocycles. The summed E-state index contributed by atoms with van der Waals surface area (Å²) in [4.78, 5) is 19.4. The van der Waals surface area contributed by atoms with Crippen molar-refractivity contribution >= 4 is 17.4 Å². The number of nitrogens with zero attached hydrogens (tertiary/aromatic N) is 2. The number of hydrogen-bond acceptors (Lipinski definition) is 4. The number of halogens is 3. The van der Waals surface area contributed by atoms with Crippen LogP contribution in [0.5, 0.6) is 0 Å². The number of carbonyl (C=O) groups excluding carboxylic acids is 1. The summed E-state index contributed by atoms with van der Waals surface area (Å²) in [6.45, 7) is 3.23. The third-order valence-corrected chi connectivity index (χ3v) is 6.59. The SMILES string of the molecule is CCc1cnc(CNC(=O)N2CCC(C(F)(F)F)C3(CCOCC3)C2)s1. The van der Waals surface area contributed by atoms with E-state index >= 15 is 0 Å². The van der Waals surface area contributed by atoms with Gasteiger partial charge in [-0.2, -0.15) is 13.2 Å². The van der Waals surface area contributed by atoms with Crippen LogP contribution in [0, 0.1) is 11.3 Å². The molecule has 0 saturated carbocycles. The molecule has 26 heavy (non-hydrogen) atoms. The van der Waals surface area contributed by atoms with Gasteiger partial charge in [0.2, 0.25) is 0 Å². The van der Waals surface area contributed by atoms with E-state index in [0.717, 1.165) is 16.3 Å². The summed E-state index contributed by atoms with van der Waals surface area (Å²) in [5, 5.41) is 3.61. The lowest BCUT2D eigenvalue weighted by molar-refractivity contribution is -0.232. The van der Waals surface area contributed by atoms with Crippen LogP contribution in [0.3, 0.4) is 0 Å². The fraction of sp³-hybridized carbons (Fsp3) is 0.765. The summed E-state index contributed by atoms with van der Waals surface area (Å²) in [6, 6.07) is -0.315. The Kier molecular flexibility index (Phi) is 5.76. The second-order valence-electron chi connectivity index (χ2n) is 7.01. The third-order valence-electron chi connectivity index (χ3n) is 5.44. The third kappa shape index (κ3) is 4.14. The fourth-order valence-electron chi connectivity index (χ4n) is 3.99. The molecule has 1 spiro atoms. The summed E-state index contributed by atoms with van der Waals surface area (Å²) in [5.41, 5.74) is -0.928. The molecule has 0 bridgehead atoms. The first-order valence-corrected chi connectivity index (χ1v) is 9.76. The summed E-state index contributed by atoms with van der Waals surface area (Å²) in [5.74, 6) is -1.37. The zero-order chi connectivity index (χ0) is 18.8. The van der Waals surface area contributed by atoms with Crippen LogP contribution in [0.15, 0.2) is 6.20 Å². The zero-order valence-corrected chi connectivity index (χ0v) is 15.6. The Hall–Kier alpha value is -1.35. The van der Waals surface area contributed by atoms with E-state index in [9.17, 15) is 18.0 Å². The van der Waals surface area contributed by atoms with Gasteiger partial charge in [0.25, 0.3) is 0 Å². The van der Waals surface area contributed by atoms with Crippen LogP contribution in [0.25, 0.3) is 0 Å². The first-order chi connectivity index (χ1) is 12.3. The Balaban J connectivity index is 1.64. The molecule has 0 radical (unpaired) electrons. The molecule has 0 aromatic carbocycles. The maximum Gasteiger partial charge on any atom is 0.392 e. The molecule has 2 saturated heterocycles. The number of aromatic nitrogens is 1. The van der Waals surface area contributed by atoms with Crippen LogP contribution in [0.4, 0.5) is 18.0 Å². The lowest BCUT2D eigenvalue weighted by Crippen LogP contribution is -2.58. The maximum atomic E-state index is 13.5. The van der Waals surface area contributed by atoms with Crippen LogP contribution >= 0.6 is 11.3 Å². The molecule has 1 unspecified atom stereocenters. The van der Waals surface area contributed by atoms with E-state index in [1.54, 1.807) is 6.20 Å². The van der Waals surface area contributed by atoms with Crippen molar-refractivity contribution < 1.29 is 22.7 Å². The Morgan fingerprint density at radius 1 is 1.46 bits per heavy atom. The van der Waals surface area contributed by atoms with Gasteiger partial charge in [-0.3, -0.25) is 0 Å². The molecule has 5 nitrogen and oxygen atoms in total. The molecule has 2 fully saturated rings. The maximum absolute atomic E-state index is 13.5. The predicted molar refractivity (Wildman–Crippen MR) is 91.9 cm³/mol. The van der Waals surface area contributed by atoms with Crippen LogP contribution in [0.1, 0.15) is 36.1 Å². The first-order valence-electron chi connectivity index (χ1n) is 8.95. The van der Waals surface area contributed by atoms with Crippen molar-refractivity contribution in [3.8, 4) is 0 Å². The highest BCUT2D eigenvalue weighted by molar-refractivity contribution is 7.11. The number of hydrogen-bond donors (Lipinski definition) is 1. The molecule has 3 heterocycles. The van der Waals surface area contributed by atoms with Crippen LogP contribution < -0.4 is 5.32 Å². The van der Waals surface area contributed by atoms with E-state index in [2.05, 4.69) is 10.3 Å². The highest BCUT2D eigenvalue weighted by atomic mass is 32.1. The molecule has 146 valence electrons. The normalized spacial score (nSPS) is 23.2. The number of rotatable bonds is 3. The minimum absolute atomic E-state index is 0.0475. The number of piperidine rings is 1. The van der Waals surface area contributed by atoms with Gasteiger partial charge < -0.3 is 15.0 Å². The Morgan fingerprint density at radius 2 is 2.19 bits per heavy atom. The molecule has 1 N–H and O–H groups in total. The fourth-order valence-corrected chi connectivity index (χ4v) is 4.79. The first kappa shape index (κ1) is 19.4. The topological polar surface area (TPSA) is 54.5 Å². The number of thiazole rings is 1. The summed E-state index contributed by atoms with van der Waals surface area (Å²) in [7, 11) is 0. The van der Waals surface area contributed by atoms with Gasteiger partial charge in [-0.1, -0.05) is 6.92 Å². The van der Waals surface area contributed by atoms with Crippen LogP contribution in [0.2, 0.25) is 0 Å². The molecule has 2 aliphatic rings. The largest absolute Gasteiger partial charge is 0.392 e. The van der Waals surface area contributed by atoms with E-state index in [4.69, 9.17) is 4.74 Å². The molecule has 9 heteroatoms. The monoisotopic (exact) mass is 391 g/mol. The van der Waals surface area contributed by atoms with Crippen LogP contribution in [-0.4, -0.2) is 48.4 Å². The van der Waals surface area contributed by atoms with E-state index in [1.165, 1.54) is 16.2 Å². The van der Waals surface area contributed by atoms with E-state index in [0.29, 0.717) is 32.6 Å². The summed E-state index contributed by atoms with van der Waals surface area (Å²) >= 11 is 1.54. The van der Waals surface area contributed by atoms with E-state index < -0.39 is 17.5 Å². The van der Waals surface area contributed by atoms with E-state index in [1.807, 2.05) is 6.92 Å². The number of alkyl halides is 3. The number of amides is 2. The Labute approximate surface area is 154 Å². The van der Waals surface area contributed by atoms with E-state index in [-0.39, 0.29) is 25.5 Å². The number of likely N-dealkylation sites (tertiary alicyclic amines) is 1.